The van der Waals surface area contributed by atoms with Gasteiger partial charge in [0, 0.05) is 19.8 Å². The van der Waals surface area contributed by atoms with Crippen LogP contribution in [0, 0.1) is 35.0 Å². The van der Waals surface area contributed by atoms with Gasteiger partial charge in [0.1, 0.15) is 0 Å². The fourth-order valence-electron chi connectivity index (χ4n) is 5.30. The topological polar surface area (TPSA) is 27.7 Å². The maximum absolute atomic E-state index is 5.88. The molecule has 4 unspecified atom stereocenters. The molecule has 3 heterocycles. The summed E-state index contributed by atoms with van der Waals surface area (Å²) in [7, 11) is 0. The van der Waals surface area contributed by atoms with E-state index in [0.29, 0.717) is 17.3 Å². The molecule has 3 aliphatic rings. The molecule has 156 valence electrons. The van der Waals surface area contributed by atoms with E-state index in [9.17, 15) is 0 Å². The summed E-state index contributed by atoms with van der Waals surface area (Å²) in [5.41, 5.74) is 3.58. The second kappa shape index (κ2) is 9.41. The minimum atomic E-state index is 0.375. The van der Waals surface area contributed by atoms with Crippen LogP contribution in [0.5, 0.6) is 0 Å². The van der Waals surface area contributed by atoms with E-state index in [1.165, 1.54) is 32.1 Å². The largest absolute Gasteiger partial charge is 0.381 e. The van der Waals surface area contributed by atoms with E-state index in [-0.39, 0.29) is 0 Å². The molecule has 0 aromatic carbocycles. The van der Waals surface area contributed by atoms with Gasteiger partial charge in [0.25, 0.3) is 0 Å². The van der Waals surface area contributed by atoms with Crippen molar-refractivity contribution in [3.8, 4) is 0 Å². The average molecular weight is 379 g/mol. The van der Waals surface area contributed by atoms with Crippen molar-refractivity contribution in [1.82, 2.24) is 0 Å². The van der Waals surface area contributed by atoms with Crippen LogP contribution in [0.3, 0.4) is 0 Å². The number of ether oxygens (including phenoxy) is 3. The van der Waals surface area contributed by atoms with Crippen LogP contribution in [0.1, 0.15) is 66.7 Å². The molecule has 0 radical (unpaired) electrons. The minimum absolute atomic E-state index is 0.375. The standard InChI is InChI=1S/C24H42O3/c1-17(2)22-14-26-12-20(22)8-6-18(3)23-15-27-13-21(23)9-7-19(4)24(5)10-11-25-16-24/h17-20,22H,6-16H2,1-5H3/t18?,19?,20?,22?,24-/m1/s1. The van der Waals surface area contributed by atoms with E-state index in [1.807, 2.05) is 0 Å². The van der Waals surface area contributed by atoms with Gasteiger partial charge < -0.3 is 14.2 Å². The molecule has 0 aromatic heterocycles. The third-order valence-electron chi connectivity index (χ3n) is 7.98. The molecular weight excluding hydrogens is 336 g/mol. The molecule has 0 N–H and O–H groups in total. The Hall–Kier alpha value is -0.380. The lowest BCUT2D eigenvalue weighted by Gasteiger charge is -2.30. The maximum atomic E-state index is 5.88. The van der Waals surface area contributed by atoms with Crippen molar-refractivity contribution in [3.63, 3.8) is 0 Å². The van der Waals surface area contributed by atoms with Crippen molar-refractivity contribution >= 4 is 0 Å². The van der Waals surface area contributed by atoms with Gasteiger partial charge in [-0.15, -0.1) is 0 Å². The zero-order valence-electron chi connectivity index (χ0n) is 18.4. The SMILES string of the molecule is CC(CCC1COCC1C(C)C)C1=C(CCC(C)[C@]2(C)CCOC2)COC1. The van der Waals surface area contributed by atoms with Crippen LogP contribution in [0.15, 0.2) is 11.1 Å². The van der Waals surface area contributed by atoms with Gasteiger partial charge in [0.15, 0.2) is 0 Å². The van der Waals surface area contributed by atoms with E-state index >= 15 is 0 Å². The molecule has 3 nitrogen and oxygen atoms in total. The van der Waals surface area contributed by atoms with Gasteiger partial charge in [0.2, 0.25) is 0 Å². The van der Waals surface area contributed by atoms with Crippen LogP contribution in [-0.2, 0) is 14.2 Å². The maximum Gasteiger partial charge on any atom is 0.0687 e. The van der Waals surface area contributed by atoms with Gasteiger partial charge in [-0.2, -0.15) is 0 Å². The Morgan fingerprint density at radius 1 is 1.00 bits per heavy atom. The smallest absolute Gasteiger partial charge is 0.0687 e. The van der Waals surface area contributed by atoms with E-state index in [4.69, 9.17) is 14.2 Å². The van der Waals surface area contributed by atoms with E-state index in [2.05, 4.69) is 34.6 Å². The van der Waals surface area contributed by atoms with E-state index < -0.39 is 0 Å². The quantitative estimate of drug-likeness (QED) is 0.496. The summed E-state index contributed by atoms with van der Waals surface area (Å²) >= 11 is 0. The average Bonchev–Trinajstić information content (AvgIpc) is 3.38. The summed E-state index contributed by atoms with van der Waals surface area (Å²) in [5, 5.41) is 0. The highest BCUT2D eigenvalue weighted by Crippen LogP contribution is 2.40. The minimum Gasteiger partial charge on any atom is -0.381 e. The van der Waals surface area contributed by atoms with E-state index in [1.54, 1.807) is 11.1 Å². The predicted octanol–water partition coefficient (Wildman–Crippen LogP) is 5.49. The highest BCUT2D eigenvalue weighted by atomic mass is 16.5. The fraction of sp³-hybridized carbons (Fsp3) is 0.917. The first-order valence-corrected chi connectivity index (χ1v) is 11.3. The second-order valence-corrected chi connectivity index (χ2v) is 10.2. The van der Waals surface area contributed by atoms with E-state index in [0.717, 1.165) is 57.4 Å². The van der Waals surface area contributed by atoms with Crippen molar-refractivity contribution < 1.29 is 14.2 Å². The lowest BCUT2D eigenvalue weighted by Crippen LogP contribution is -2.25. The van der Waals surface area contributed by atoms with Crippen molar-refractivity contribution in [2.24, 2.45) is 35.0 Å². The molecule has 2 fully saturated rings. The monoisotopic (exact) mass is 378 g/mol. The van der Waals surface area contributed by atoms with Gasteiger partial charge in [0.05, 0.1) is 19.8 Å². The molecule has 3 rings (SSSR count). The van der Waals surface area contributed by atoms with Crippen LogP contribution in [0.4, 0.5) is 0 Å². The summed E-state index contributed by atoms with van der Waals surface area (Å²) in [6.45, 7) is 17.5. The highest BCUT2D eigenvalue weighted by Gasteiger charge is 2.35. The van der Waals surface area contributed by atoms with Crippen LogP contribution < -0.4 is 0 Å². The summed E-state index contributed by atoms with van der Waals surface area (Å²) in [5.74, 6) is 3.60. The first-order valence-electron chi connectivity index (χ1n) is 11.3. The summed E-state index contributed by atoms with van der Waals surface area (Å²) in [4.78, 5) is 0. The van der Waals surface area contributed by atoms with Crippen LogP contribution in [0.2, 0.25) is 0 Å². The Morgan fingerprint density at radius 2 is 1.81 bits per heavy atom. The Morgan fingerprint density at radius 3 is 2.52 bits per heavy atom. The molecule has 2 saturated heterocycles. The molecule has 0 amide bonds. The van der Waals surface area contributed by atoms with Crippen LogP contribution in [0.25, 0.3) is 0 Å². The van der Waals surface area contributed by atoms with Crippen molar-refractivity contribution in [2.75, 3.05) is 39.6 Å². The number of hydrogen-bond acceptors (Lipinski definition) is 3. The van der Waals surface area contributed by atoms with Crippen LogP contribution in [-0.4, -0.2) is 39.6 Å². The Balaban J connectivity index is 1.51. The highest BCUT2D eigenvalue weighted by molar-refractivity contribution is 5.21. The Labute approximate surface area is 167 Å². The molecule has 5 atom stereocenters. The third kappa shape index (κ3) is 5.16. The van der Waals surface area contributed by atoms with Gasteiger partial charge in [-0.1, -0.05) is 34.6 Å². The molecular formula is C24H42O3. The van der Waals surface area contributed by atoms with Gasteiger partial charge in [-0.25, -0.2) is 0 Å². The van der Waals surface area contributed by atoms with Gasteiger partial charge in [-0.3, -0.25) is 0 Å². The Kier molecular flexibility index (Phi) is 7.44. The normalized spacial score (nSPS) is 34.0. The molecule has 0 aliphatic carbocycles. The molecule has 0 bridgehead atoms. The molecule has 0 saturated carbocycles. The van der Waals surface area contributed by atoms with Crippen molar-refractivity contribution in [2.45, 2.75) is 66.7 Å². The second-order valence-electron chi connectivity index (χ2n) is 10.2. The number of rotatable bonds is 9. The number of hydrogen-bond donors (Lipinski definition) is 0. The lowest BCUT2D eigenvalue weighted by molar-refractivity contribution is 0.122. The molecule has 3 aliphatic heterocycles. The zero-order valence-corrected chi connectivity index (χ0v) is 18.4. The summed E-state index contributed by atoms with van der Waals surface area (Å²) in [6, 6.07) is 0. The first-order chi connectivity index (χ1) is 12.9. The lowest BCUT2D eigenvalue weighted by atomic mass is 9.74. The Bertz CT molecular complexity index is 504. The first kappa shape index (κ1) is 21.3. The van der Waals surface area contributed by atoms with Crippen molar-refractivity contribution in [1.29, 1.82) is 0 Å². The van der Waals surface area contributed by atoms with Gasteiger partial charge >= 0.3 is 0 Å². The third-order valence-corrected chi connectivity index (χ3v) is 7.98. The summed E-state index contributed by atoms with van der Waals surface area (Å²) in [6.07, 6.45) is 6.26. The predicted molar refractivity (Wildman–Crippen MR) is 111 cm³/mol. The van der Waals surface area contributed by atoms with Crippen molar-refractivity contribution in [3.05, 3.63) is 11.1 Å². The summed E-state index contributed by atoms with van der Waals surface area (Å²) < 4.78 is 17.3. The molecule has 3 heteroatoms. The fourth-order valence-corrected chi connectivity index (χ4v) is 5.30. The van der Waals surface area contributed by atoms with Gasteiger partial charge in [-0.05, 0) is 78.3 Å². The molecule has 0 spiro atoms. The molecule has 0 aromatic rings. The molecule has 27 heavy (non-hydrogen) atoms. The van der Waals surface area contributed by atoms with Crippen LogP contribution >= 0.6 is 0 Å². The zero-order chi connectivity index (χ0) is 19.4.